The van der Waals surface area contributed by atoms with E-state index in [2.05, 4.69) is 45.2 Å². The van der Waals surface area contributed by atoms with Crippen molar-refractivity contribution < 1.29 is 14.3 Å². The SMILES string of the molecule is CCc1c(I)c(O)c(I)c(-c2coc3ccccc23)c1C=O. The minimum atomic E-state index is 0.226. The second-order valence-electron chi connectivity index (χ2n) is 4.86. The zero-order chi connectivity index (χ0) is 15.9. The van der Waals surface area contributed by atoms with Gasteiger partial charge in [0.1, 0.15) is 11.3 Å². The lowest BCUT2D eigenvalue weighted by molar-refractivity contribution is 0.112. The molecule has 0 aliphatic rings. The molecule has 0 aliphatic heterocycles. The first-order chi connectivity index (χ1) is 10.6. The minimum absolute atomic E-state index is 0.226. The summed E-state index contributed by atoms with van der Waals surface area (Å²) < 4.78 is 7.01. The number of halogens is 2. The molecule has 112 valence electrons. The molecule has 2 aromatic carbocycles. The van der Waals surface area contributed by atoms with E-state index in [0.29, 0.717) is 15.6 Å². The Bertz CT molecular complexity index is 881. The largest absolute Gasteiger partial charge is 0.506 e. The van der Waals surface area contributed by atoms with Gasteiger partial charge >= 0.3 is 0 Å². The van der Waals surface area contributed by atoms with Crippen LogP contribution in [0.3, 0.4) is 0 Å². The average Bonchev–Trinajstić information content (AvgIpc) is 2.96. The van der Waals surface area contributed by atoms with Crippen LogP contribution < -0.4 is 0 Å². The van der Waals surface area contributed by atoms with Crippen LogP contribution in [0.4, 0.5) is 0 Å². The normalized spacial score (nSPS) is 11.0. The van der Waals surface area contributed by atoms with E-state index in [9.17, 15) is 9.90 Å². The fourth-order valence-electron chi connectivity index (χ4n) is 2.66. The molecule has 0 spiro atoms. The van der Waals surface area contributed by atoms with Gasteiger partial charge in [-0.3, -0.25) is 4.79 Å². The monoisotopic (exact) mass is 518 g/mol. The minimum Gasteiger partial charge on any atom is -0.506 e. The van der Waals surface area contributed by atoms with Crippen LogP contribution in [-0.4, -0.2) is 11.4 Å². The van der Waals surface area contributed by atoms with Gasteiger partial charge in [0.25, 0.3) is 0 Å². The van der Waals surface area contributed by atoms with Crippen LogP contribution in [-0.2, 0) is 6.42 Å². The van der Waals surface area contributed by atoms with Gasteiger partial charge in [-0.15, -0.1) is 0 Å². The molecule has 3 rings (SSSR count). The third-order valence-corrected chi connectivity index (χ3v) is 5.93. The van der Waals surface area contributed by atoms with E-state index in [1.165, 1.54) is 0 Å². The van der Waals surface area contributed by atoms with Gasteiger partial charge in [-0.25, -0.2) is 0 Å². The molecule has 0 aliphatic carbocycles. The number of carbonyl (C=O) groups is 1. The number of furan rings is 1. The van der Waals surface area contributed by atoms with Gasteiger partial charge in [-0.2, -0.15) is 0 Å². The van der Waals surface area contributed by atoms with Crippen LogP contribution in [0.1, 0.15) is 22.8 Å². The molecule has 0 fully saturated rings. The number of phenolic OH excluding ortho intramolecular Hbond substituents is 1. The molecule has 3 nitrogen and oxygen atoms in total. The van der Waals surface area contributed by atoms with Gasteiger partial charge in [-0.05, 0) is 63.2 Å². The Labute approximate surface area is 155 Å². The number of rotatable bonds is 3. The molecule has 3 aromatic rings. The second-order valence-corrected chi connectivity index (χ2v) is 7.02. The molecule has 22 heavy (non-hydrogen) atoms. The highest BCUT2D eigenvalue weighted by Crippen LogP contribution is 2.43. The third kappa shape index (κ3) is 2.34. The van der Waals surface area contributed by atoms with E-state index in [-0.39, 0.29) is 5.75 Å². The molecular weight excluding hydrogens is 506 g/mol. The fourth-order valence-corrected chi connectivity index (χ4v) is 4.96. The van der Waals surface area contributed by atoms with Crippen molar-refractivity contribution in [3.63, 3.8) is 0 Å². The highest BCUT2D eigenvalue weighted by molar-refractivity contribution is 14.1. The second kappa shape index (κ2) is 6.19. The van der Waals surface area contributed by atoms with E-state index in [1.54, 1.807) is 6.26 Å². The summed E-state index contributed by atoms with van der Waals surface area (Å²) in [6.45, 7) is 1.98. The summed E-state index contributed by atoms with van der Waals surface area (Å²) in [6, 6.07) is 7.69. The van der Waals surface area contributed by atoms with Crippen LogP contribution in [0.2, 0.25) is 0 Å². The van der Waals surface area contributed by atoms with Crippen molar-refractivity contribution in [2.75, 3.05) is 0 Å². The smallest absolute Gasteiger partial charge is 0.151 e. The van der Waals surface area contributed by atoms with Gasteiger partial charge in [0.15, 0.2) is 6.29 Å². The Morgan fingerprint density at radius 3 is 2.64 bits per heavy atom. The molecule has 0 saturated carbocycles. The Balaban J connectivity index is 2.45. The summed E-state index contributed by atoms with van der Waals surface area (Å²) in [4.78, 5) is 11.7. The van der Waals surface area contributed by atoms with Crippen molar-refractivity contribution in [1.29, 1.82) is 0 Å². The van der Waals surface area contributed by atoms with Gasteiger partial charge in [0.2, 0.25) is 0 Å². The maximum absolute atomic E-state index is 11.7. The topological polar surface area (TPSA) is 50.4 Å². The molecule has 0 radical (unpaired) electrons. The number of fused-ring (bicyclic) bond motifs is 1. The maximum atomic E-state index is 11.7. The number of hydrogen-bond donors (Lipinski definition) is 1. The maximum Gasteiger partial charge on any atom is 0.151 e. The van der Waals surface area contributed by atoms with Gasteiger partial charge in [-0.1, -0.05) is 25.1 Å². The standard InChI is InChI=1S/C17H12I2O3/c1-2-9-11(7-20)14(16(19)17(21)15(9)18)12-8-22-13-6-4-3-5-10(12)13/h3-8,21H,2H2,1H3. The number of para-hydroxylation sites is 1. The molecule has 1 aromatic heterocycles. The van der Waals surface area contributed by atoms with Gasteiger partial charge in [0.05, 0.1) is 13.4 Å². The Morgan fingerprint density at radius 1 is 1.23 bits per heavy atom. The first-order valence-corrected chi connectivity index (χ1v) is 8.90. The molecular formula is C17H12I2O3. The average molecular weight is 518 g/mol. The molecule has 1 N–H and O–H groups in total. The quantitative estimate of drug-likeness (QED) is 0.374. The van der Waals surface area contributed by atoms with E-state index in [4.69, 9.17) is 4.42 Å². The van der Waals surface area contributed by atoms with E-state index in [1.807, 2.05) is 31.2 Å². The first kappa shape index (κ1) is 15.8. The summed E-state index contributed by atoms with van der Waals surface area (Å²) in [5.41, 5.74) is 3.84. The lowest BCUT2D eigenvalue weighted by Crippen LogP contribution is -2.02. The molecule has 5 heteroatoms. The van der Waals surface area contributed by atoms with Crippen LogP contribution in [0.5, 0.6) is 5.75 Å². The van der Waals surface area contributed by atoms with Crippen molar-refractivity contribution in [2.24, 2.45) is 0 Å². The number of aromatic hydroxyl groups is 1. The van der Waals surface area contributed by atoms with E-state index in [0.717, 1.165) is 37.5 Å². The summed E-state index contributed by atoms with van der Waals surface area (Å²) >= 11 is 4.19. The molecule has 0 bridgehead atoms. The summed E-state index contributed by atoms with van der Waals surface area (Å²) in [5, 5.41) is 11.4. The lowest BCUT2D eigenvalue weighted by Gasteiger charge is -2.15. The number of aldehydes is 1. The number of hydrogen-bond acceptors (Lipinski definition) is 3. The third-order valence-electron chi connectivity index (χ3n) is 3.72. The van der Waals surface area contributed by atoms with Crippen LogP contribution in [0, 0.1) is 7.14 Å². The van der Waals surface area contributed by atoms with E-state index >= 15 is 0 Å². The number of benzene rings is 2. The van der Waals surface area contributed by atoms with Crippen LogP contribution in [0.15, 0.2) is 34.9 Å². The number of phenols is 1. The predicted molar refractivity (Wildman–Crippen MR) is 104 cm³/mol. The molecule has 0 amide bonds. The highest BCUT2D eigenvalue weighted by Gasteiger charge is 2.23. The number of carbonyl (C=O) groups excluding carboxylic acids is 1. The van der Waals surface area contributed by atoms with Crippen molar-refractivity contribution in [3.8, 4) is 16.9 Å². The summed E-state index contributed by atoms with van der Waals surface area (Å²) in [7, 11) is 0. The van der Waals surface area contributed by atoms with Crippen molar-refractivity contribution in [1.82, 2.24) is 0 Å². The summed E-state index contributed by atoms with van der Waals surface area (Å²) in [6.07, 6.45) is 3.21. The van der Waals surface area contributed by atoms with Crippen molar-refractivity contribution >= 4 is 62.4 Å². The zero-order valence-electron chi connectivity index (χ0n) is 11.7. The molecule has 0 unspecified atom stereocenters. The Kier molecular flexibility index (Phi) is 4.44. The van der Waals surface area contributed by atoms with Gasteiger partial charge < -0.3 is 9.52 Å². The highest BCUT2D eigenvalue weighted by atomic mass is 127. The van der Waals surface area contributed by atoms with Crippen molar-refractivity contribution in [2.45, 2.75) is 13.3 Å². The summed E-state index contributed by atoms with van der Waals surface area (Å²) in [5.74, 6) is 0.226. The molecule has 0 saturated heterocycles. The van der Waals surface area contributed by atoms with Crippen molar-refractivity contribution in [3.05, 3.63) is 48.8 Å². The first-order valence-electron chi connectivity index (χ1n) is 6.74. The van der Waals surface area contributed by atoms with Crippen LogP contribution >= 0.6 is 45.2 Å². The molecule has 0 atom stereocenters. The predicted octanol–water partition coefficient (Wildman–Crippen LogP) is 5.39. The Morgan fingerprint density at radius 2 is 1.95 bits per heavy atom. The van der Waals surface area contributed by atoms with Crippen LogP contribution in [0.25, 0.3) is 22.1 Å². The Hall–Kier alpha value is -1.09. The lowest BCUT2D eigenvalue weighted by atomic mass is 9.94. The molecule has 1 heterocycles. The van der Waals surface area contributed by atoms with E-state index < -0.39 is 0 Å². The fraction of sp³-hybridized carbons (Fsp3) is 0.118. The zero-order valence-corrected chi connectivity index (χ0v) is 16.0. The van der Waals surface area contributed by atoms with Gasteiger partial charge in [0, 0.05) is 22.1 Å².